The van der Waals surface area contributed by atoms with Gasteiger partial charge in [0.2, 0.25) is 0 Å². The zero-order valence-electron chi connectivity index (χ0n) is 22.2. The minimum absolute atomic E-state index is 0.102. The van der Waals surface area contributed by atoms with E-state index < -0.39 is 14.3 Å². The SMILES string of the molecule is CC(C)(C)[Si](C)(C)O[C@](C)(CCC1=CC[C@H](O)[C@@H]1C/C=C\CCCC(=O)O)C1CCCCC1. The van der Waals surface area contributed by atoms with Gasteiger partial charge in [-0.2, -0.15) is 0 Å². The molecule has 2 rings (SSSR count). The molecular formula is C28H50O4Si. The fraction of sp³-hybridized carbons (Fsp3) is 0.821. The number of allylic oxidation sites excluding steroid dienone is 2. The lowest BCUT2D eigenvalue weighted by Crippen LogP contribution is -2.52. The predicted octanol–water partition coefficient (Wildman–Crippen LogP) is 7.64. The Morgan fingerprint density at radius 2 is 1.82 bits per heavy atom. The standard InChI is InChI=1S/C28H50O4Si/c1-27(2,3)33(5,6)32-28(4,23-14-10-9-11-15-23)21-20-22-18-19-25(29)24(22)16-12-7-8-13-17-26(30)31/h7,12,18,23-25,29H,8-11,13-17,19-21H2,1-6H3,(H,30,31)/b12-7-/t24-,25+,28-/m1/s1. The van der Waals surface area contributed by atoms with Gasteiger partial charge in [-0.05, 0) is 82.3 Å². The molecule has 2 N–H and O–H groups in total. The average Bonchev–Trinajstić information content (AvgIpc) is 3.08. The van der Waals surface area contributed by atoms with Gasteiger partial charge in [0.05, 0.1) is 11.7 Å². The maximum absolute atomic E-state index is 10.7. The number of aliphatic hydroxyl groups excluding tert-OH is 1. The zero-order chi connectivity index (χ0) is 24.7. The first-order valence-electron chi connectivity index (χ1n) is 13.3. The zero-order valence-corrected chi connectivity index (χ0v) is 23.2. The number of rotatable bonds is 12. The Hall–Kier alpha value is -0.913. The van der Waals surface area contributed by atoms with Gasteiger partial charge in [-0.1, -0.05) is 63.8 Å². The fourth-order valence-electron chi connectivity index (χ4n) is 5.34. The van der Waals surface area contributed by atoms with Crippen LogP contribution in [0.15, 0.2) is 23.8 Å². The van der Waals surface area contributed by atoms with Crippen molar-refractivity contribution in [1.82, 2.24) is 0 Å². The van der Waals surface area contributed by atoms with Crippen LogP contribution in [0.3, 0.4) is 0 Å². The Balaban J connectivity index is 2.03. The number of aliphatic carboxylic acids is 1. The molecule has 0 aromatic carbocycles. The first kappa shape index (κ1) is 28.3. The second kappa shape index (κ2) is 12.2. The quantitative estimate of drug-likeness (QED) is 0.172. The number of hydrogen-bond donors (Lipinski definition) is 2. The van der Waals surface area contributed by atoms with Crippen LogP contribution in [-0.2, 0) is 9.22 Å². The summed E-state index contributed by atoms with van der Waals surface area (Å²) in [6.07, 6.45) is 18.0. The lowest BCUT2D eigenvalue weighted by Gasteiger charge is -2.49. The summed E-state index contributed by atoms with van der Waals surface area (Å²) < 4.78 is 7.18. The van der Waals surface area contributed by atoms with E-state index in [0.29, 0.717) is 12.3 Å². The minimum Gasteiger partial charge on any atom is -0.481 e. The van der Waals surface area contributed by atoms with E-state index in [9.17, 15) is 9.90 Å². The highest BCUT2D eigenvalue weighted by molar-refractivity contribution is 6.74. The van der Waals surface area contributed by atoms with Crippen molar-refractivity contribution in [3.63, 3.8) is 0 Å². The van der Waals surface area contributed by atoms with E-state index in [1.54, 1.807) is 0 Å². The summed E-state index contributed by atoms with van der Waals surface area (Å²) >= 11 is 0. The normalized spacial score (nSPS) is 24.8. The van der Waals surface area contributed by atoms with Gasteiger partial charge < -0.3 is 14.6 Å². The first-order valence-corrected chi connectivity index (χ1v) is 16.2. The molecule has 0 radical (unpaired) electrons. The Kier molecular flexibility index (Phi) is 10.4. The van der Waals surface area contributed by atoms with E-state index in [1.165, 1.54) is 37.7 Å². The van der Waals surface area contributed by atoms with Crippen LogP contribution in [0, 0.1) is 11.8 Å². The third-order valence-electron chi connectivity index (χ3n) is 8.55. The van der Waals surface area contributed by atoms with E-state index in [4.69, 9.17) is 9.53 Å². The van der Waals surface area contributed by atoms with Crippen LogP contribution in [-0.4, -0.2) is 36.2 Å². The van der Waals surface area contributed by atoms with Gasteiger partial charge in [-0.3, -0.25) is 4.79 Å². The van der Waals surface area contributed by atoms with Crippen LogP contribution in [0.1, 0.15) is 105 Å². The van der Waals surface area contributed by atoms with Crippen LogP contribution in [0.4, 0.5) is 0 Å². The van der Waals surface area contributed by atoms with Gasteiger partial charge in [-0.25, -0.2) is 0 Å². The summed E-state index contributed by atoms with van der Waals surface area (Å²) in [5.41, 5.74) is 1.29. The first-order chi connectivity index (χ1) is 15.4. The second-order valence-corrected chi connectivity index (χ2v) is 16.9. The van der Waals surface area contributed by atoms with Gasteiger partial charge in [-0.15, -0.1) is 0 Å². The number of aliphatic hydroxyl groups is 1. The molecule has 0 bridgehead atoms. The molecule has 2 aliphatic rings. The molecule has 190 valence electrons. The molecule has 0 aromatic heterocycles. The number of hydrogen-bond acceptors (Lipinski definition) is 3. The average molecular weight is 479 g/mol. The van der Waals surface area contributed by atoms with E-state index in [1.807, 2.05) is 0 Å². The van der Waals surface area contributed by atoms with E-state index in [0.717, 1.165) is 32.1 Å². The molecule has 0 unspecified atom stereocenters. The molecule has 1 fully saturated rings. The largest absolute Gasteiger partial charge is 0.481 e. The monoisotopic (exact) mass is 478 g/mol. The Bertz CT molecular complexity index is 685. The van der Waals surface area contributed by atoms with Crippen molar-refractivity contribution in [2.75, 3.05) is 0 Å². The van der Waals surface area contributed by atoms with Crippen LogP contribution in [0.5, 0.6) is 0 Å². The highest BCUT2D eigenvalue weighted by Crippen LogP contribution is 2.46. The van der Waals surface area contributed by atoms with Crippen LogP contribution < -0.4 is 0 Å². The van der Waals surface area contributed by atoms with Gasteiger partial charge in [0.25, 0.3) is 0 Å². The van der Waals surface area contributed by atoms with E-state index >= 15 is 0 Å². The molecule has 3 atom stereocenters. The molecule has 0 spiro atoms. The highest BCUT2D eigenvalue weighted by Gasteiger charge is 2.46. The van der Waals surface area contributed by atoms with Gasteiger partial charge >= 0.3 is 5.97 Å². The Morgan fingerprint density at radius 1 is 1.15 bits per heavy atom. The van der Waals surface area contributed by atoms with E-state index in [-0.39, 0.29) is 29.1 Å². The summed E-state index contributed by atoms with van der Waals surface area (Å²) in [5, 5.41) is 19.6. The molecule has 0 saturated heterocycles. The fourth-order valence-corrected chi connectivity index (χ4v) is 7.08. The highest BCUT2D eigenvalue weighted by atomic mass is 28.4. The Morgan fingerprint density at radius 3 is 2.42 bits per heavy atom. The van der Waals surface area contributed by atoms with Crippen molar-refractivity contribution < 1.29 is 19.4 Å². The van der Waals surface area contributed by atoms with Gasteiger partial charge in [0.1, 0.15) is 0 Å². The molecule has 0 heterocycles. The summed E-state index contributed by atoms with van der Waals surface area (Å²) in [7, 11) is -1.90. The van der Waals surface area contributed by atoms with Crippen molar-refractivity contribution >= 4 is 14.3 Å². The van der Waals surface area contributed by atoms with Crippen molar-refractivity contribution in [2.45, 2.75) is 135 Å². The van der Waals surface area contributed by atoms with Crippen LogP contribution in [0.25, 0.3) is 0 Å². The van der Waals surface area contributed by atoms with Gasteiger partial charge in [0.15, 0.2) is 8.32 Å². The molecular weight excluding hydrogens is 428 g/mol. The third-order valence-corrected chi connectivity index (χ3v) is 13.1. The molecule has 1 saturated carbocycles. The minimum atomic E-state index is -1.90. The number of carboxylic acids is 1. The van der Waals surface area contributed by atoms with Crippen molar-refractivity contribution in [3.05, 3.63) is 23.8 Å². The summed E-state index contributed by atoms with van der Waals surface area (Å²) in [6, 6.07) is 0. The number of carbonyl (C=O) groups is 1. The third kappa shape index (κ3) is 8.36. The number of unbranched alkanes of at least 4 members (excludes halogenated alkanes) is 1. The predicted molar refractivity (Wildman–Crippen MR) is 140 cm³/mol. The molecule has 2 aliphatic carbocycles. The topological polar surface area (TPSA) is 66.8 Å². The molecule has 0 aliphatic heterocycles. The van der Waals surface area contributed by atoms with Crippen molar-refractivity contribution in [3.8, 4) is 0 Å². The molecule has 4 nitrogen and oxygen atoms in total. The van der Waals surface area contributed by atoms with E-state index in [2.05, 4.69) is 59.0 Å². The molecule has 0 amide bonds. The summed E-state index contributed by atoms with van der Waals surface area (Å²) in [5.74, 6) is 0.0739. The second-order valence-electron chi connectivity index (χ2n) is 12.2. The smallest absolute Gasteiger partial charge is 0.303 e. The molecule has 0 aromatic rings. The molecule has 5 heteroatoms. The summed E-state index contributed by atoms with van der Waals surface area (Å²) in [6.45, 7) is 14.1. The van der Waals surface area contributed by atoms with Crippen LogP contribution in [0.2, 0.25) is 18.1 Å². The van der Waals surface area contributed by atoms with Gasteiger partial charge in [0, 0.05) is 12.3 Å². The lowest BCUT2D eigenvalue weighted by molar-refractivity contribution is -0.137. The summed E-state index contributed by atoms with van der Waals surface area (Å²) in [4.78, 5) is 10.7. The maximum Gasteiger partial charge on any atom is 0.303 e. The Labute approximate surface area is 204 Å². The lowest BCUT2D eigenvalue weighted by atomic mass is 9.75. The van der Waals surface area contributed by atoms with Crippen molar-refractivity contribution in [2.24, 2.45) is 11.8 Å². The van der Waals surface area contributed by atoms with Crippen LogP contribution >= 0.6 is 0 Å². The maximum atomic E-state index is 10.7. The molecule has 33 heavy (non-hydrogen) atoms. The van der Waals surface area contributed by atoms with Crippen molar-refractivity contribution in [1.29, 1.82) is 0 Å². The number of carboxylic acid groups (broad SMARTS) is 1.